The monoisotopic (exact) mass is 410 g/mol. The van der Waals surface area contributed by atoms with Gasteiger partial charge in [0.15, 0.2) is 0 Å². The molecule has 29 heavy (non-hydrogen) atoms. The molecule has 3 aromatic rings. The lowest BCUT2D eigenvalue weighted by atomic mass is 9.79. The van der Waals surface area contributed by atoms with E-state index in [1.165, 1.54) is 43.2 Å². The third-order valence-corrected chi connectivity index (χ3v) is 6.97. The van der Waals surface area contributed by atoms with Crippen LogP contribution in [0.25, 0.3) is 16.2 Å². The maximum absolute atomic E-state index is 12.7. The van der Waals surface area contributed by atoms with E-state index in [2.05, 4.69) is 59.7 Å². The SMILES string of the molecule is CCCCC1CCC(C(=O)Nc2nc3scc(-c4ccc(C)cc4C)n3n2)CC1. The van der Waals surface area contributed by atoms with Crippen molar-refractivity contribution >= 4 is 28.2 Å². The number of anilines is 1. The summed E-state index contributed by atoms with van der Waals surface area (Å²) >= 11 is 1.55. The van der Waals surface area contributed by atoms with Gasteiger partial charge in [-0.05, 0) is 51.0 Å². The van der Waals surface area contributed by atoms with Gasteiger partial charge in [0.1, 0.15) is 0 Å². The van der Waals surface area contributed by atoms with Crippen molar-refractivity contribution in [2.24, 2.45) is 11.8 Å². The number of nitrogens with one attached hydrogen (secondary N) is 1. The lowest BCUT2D eigenvalue weighted by Crippen LogP contribution is -2.27. The van der Waals surface area contributed by atoms with Crippen molar-refractivity contribution in [2.75, 3.05) is 5.32 Å². The summed E-state index contributed by atoms with van der Waals surface area (Å²) in [7, 11) is 0. The molecule has 1 aromatic carbocycles. The quantitative estimate of drug-likeness (QED) is 0.541. The van der Waals surface area contributed by atoms with E-state index in [-0.39, 0.29) is 11.8 Å². The second-order valence-electron chi connectivity index (χ2n) is 8.42. The van der Waals surface area contributed by atoms with Crippen LogP contribution >= 0.6 is 11.3 Å². The summed E-state index contributed by atoms with van der Waals surface area (Å²) in [6.07, 6.45) is 8.17. The number of thiazole rings is 1. The Bertz CT molecular complexity index is 998. The number of aromatic nitrogens is 3. The van der Waals surface area contributed by atoms with Gasteiger partial charge in [0.25, 0.3) is 0 Å². The Hall–Kier alpha value is -2.21. The molecule has 1 amide bonds. The van der Waals surface area contributed by atoms with Crippen molar-refractivity contribution in [3.63, 3.8) is 0 Å². The highest BCUT2D eigenvalue weighted by molar-refractivity contribution is 7.15. The standard InChI is InChI=1S/C23H30N4OS/c1-4-5-6-17-8-10-18(11-9-17)21(28)24-22-25-23-27(26-22)20(14-29-23)19-12-7-15(2)13-16(19)3/h7,12-14,17-18H,4-6,8-11H2,1-3H3,(H,24,26,28). The third kappa shape index (κ3) is 4.37. The van der Waals surface area contributed by atoms with Crippen molar-refractivity contribution in [1.29, 1.82) is 0 Å². The first-order valence-corrected chi connectivity index (χ1v) is 11.7. The number of carbonyl (C=O) groups excluding carboxylic acids is 1. The molecule has 1 aliphatic carbocycles. The van der Waals surface area contributed by atoms with Gasteiger partial charge >= 0.3 is 0 Å². The molecule has 0 unspecified atom stereocenters. The molecule has 0 saturated heterocycles. The summed E-state index contributed by atoms with van der Waals surface area (Å²) in [5, 5.41) is 9.64. The Labute approximate surface area is 176 Å². The minimum atomic E-state index is 0.0743. The van der Waals surface area contributed by atoms with E-state index >= 15 is 0 Å². The highest BCUT2D eigenvalue weighted by Crippen LogP contribution is 2.33. The maximum Gasteiger partial charge on any atom is 0.250 e. The zero-order valence-corrected chi connectivity index (χ0v) is 18.4. The molecule has 5 nitrogen and oxygen atoms in total. The van der Waals surface area contributed by atoms with Crippen LogP contribution in [0, 0.1) is 25.7 Å². The van der Waals surface area contributed by atoms with Crippen LogP contribution in [0.1, 0.15) is 63.0 Å². The van der Waals surface area contributed by atoms with Gasteiger partial charge in [-0.15, -0.1) is 16.4 Å². The summed E-state index contributed by atoms with van der Waals surface area (Å²) in [4.78, 5) is 18.1. The molecule has 2 heterocycles. The molecular weight excluding hydrogens is 380 g/mol. The summed E-state index contributed by atoms with van der Waals surface area (Å²) in [6.45, 7) is 6.45. The number of unbranched alkanes of at least 4 members (excludes halogenated alkanes) is 1. The number of amides is 1. The molecule has 0 atom stereocenters. The molecular formula is C23H30N4OS. The van der Waals surface area contributed by atoms with E-state index in [1.54, 1.807) is 11.3 Å². The van der Waals surface area contributed by atoms with E-state index in [0.29, 0.717) is 5.95 Å². The van der Waals surface area contributed by atoms with Crippen molar-refractivity contribution in [3.8, 4) is 11.3 Å². The van der Waals surface area contributed by atoms with Crippen LogP contribution in [0.2, 0.25) is 0 Å². The third-order valence-electron chi connectivity index (χ3n) is 6.16. The second-order valence-corrected chi connectivity index (χ2v) is 9.25. The van der Waals surface area contributed by atoms with Crippen LogP contribution < -0.4 is 5.32 Å². The molecule has 1 N–H and O–H groups in total. The van der Waals surface area contributed by atoms with Gasteiger partial charge in [0.05, 0.1) is 5.69 Å². The summed E-state index contributed by atoms with van der Waals surface area (Å²) in [5.41, 5.74) is 4.63. The second kappa shape index (κ2) is 8.66. The Kier molecular flexibility index (Phi) is 5.99. The average molecular weight is 411 g/mol. The number of aryl methyl sites for hydroxylation is 2. The fourth-order valence-electron chi connectivity index (χ4n) is 4.44. The van der Waals surface area contributed by atoms with Crippen LogP contribution in [-0.2, 0) is 4.79 Å². The average Bonchev–Trinajstić information content (AvgIpc) is 3.27. The first-order valence-electron chi connectivity index (χ1n) is 10.8. The van der Waals surface area contributed by atoms with Crippen molar-refractivity contribution < 1.29 is 4.79 Å². The minimum absolute atomic E-state index is 0.0743. The van der Waals surface area contributed by atoms with Crippen molar-refractivity contribution in [3.05, 3.63) is 34.7 Å². The largest absolute Gasteiger partial charge is 0.293 e. The fourth-order valence-corrected chi connectivity index (χ4v) is 5.26. The van der Waals surface area contributed by atoms with Gasteiger partial charge in [-0.25, -0.2) is 4.52 Å². The van der Waals surface area contributed by atoms with E-state index < -0.39 is 0 Å². The molecule has 1 saturated carbocycles. The number of benzene rings is 1. The predicted octanol–water partition coefficient (Wildman–Crippen LogP) is 6.01. The normalized spacial score (nSPS) is 19.6. The molecule has 6 heteroatoms. The number of hydrogen-bond acceptors (Lipinski definition) is 4. The Morgan fingerprint density at radius 1 is 1.24 bits per heavy atom. The number of rotatable bonds is 6. The Morgan fingerprint density at radius 2 is 2.03 bits per heavy atom. The van der Waals surface area contributed by atoms with Gasteiger partial charge in [-0.2, -0.15) is 4.98 Å². The van der Waals surface area contributed by atoms with Gasteiger partial charge in [-0.1, -0.05) is 49.9 Å². The molecule has 0 radical (unpaired) electrons. The zero-order valence-electron chi connectivity index (χ0n) is 17.6. The lowest BCUT2D eigenvalue weighted by Gasteiger charge is -2.27. The molecule has 0 bridgehead atoms. The molecule has 1 fully saturated rings. The summed E-state index contributed by atoms with van der Waals surface area (Å²) < 4.78 is 1.85. The Morgan fingerprint density at radius 3 is 2.76 bits per heavy atom. The van der Waals surface area contributed by atoms with Crippen LogP contribution in [0.5, 0.6) is 0 Å². The lowest BCUT2D eigenvalue weighted by molar-refractivity contribution is -0.121. The van der Waals surface area contributed by atoms with Crippen LogP contribution in [0.15, 0.2) is 23.6 Å². The van der Waals surface area contributed by atoms with Crippen LogP contribution in [0.3, 0.4) is 0 Å². The van der Waals surface area contributed by atoms with Crippen molar-refractivity contribution in [2.45, 2.75) is 65.7 Å². The molecule has 1 aliphatic rings. The molecule has 0 aliphatic heterocycles. The van der Waals surface area contributed by atoms with Gasteiger partial charge in [0.2, 0.25) is 16.8 Å². The first-order chi connectivity index (χ1) is 14.0. The van der Waals surface area contributed by atoms with Gasteiger partial charge in [0, 0.05) is 16.9 Å². The summed E-state index contributed by atoms with van der Waals surface area (Å²) in [6, 6.07) is 6.42. The zero-order chi connectivity index (χ0) is 20.4. The smallest absolute Gasteiger partial charge is 0.250 e. The van der Waals surface area contributed by atoms with Gasteiger partial charge in [-0.3, -0.25) is 10.1 Å². The number of hydrogen-bond donors (Lipinski definition) is 1. The maximum atomic E-state index is 12.7. The molecule has 0 spiro atoms. The number of nitrogens with zero attached hydrogens (tertiary/aromatic N) is 3. The van der Waals surface area contributed by atoms with Gasteiger partial charge < -0.3 is 0 Å². The van der Waals surface area contributed by atoms with Crippen LogP contribution in [0.4, 0.5) is 5.95 Å². The van der Waals surface area contributed by atoms with E-state index in [0.717, 1.165) is 35.0 Å². The highest BCUT2D eigenvalue weighted by atomic mass is 32.1. The summed E-state index contributed by atoms with van der Waals surface area (Å²) in [5.74, 6) is 1.38. The first kappa shape index (κ1) is 20.1. The van der Waals surface area contributed by atoms with Crippen molar-refractivity contribution in [1.82, 2.24) is 14.6 Å². The molecule has 4 rings (SSSR count). The highest BCUT2D eigenvalue weighted by Gasteiger charge is 2.27. The fraction of sp³-hybridized carbons (Fsp3) is 0.522. The van der Waals surface area contributed by atoms with E-state index in [9.17, 15) is 4.79 Å². The molecule has 154 valence electrons. The molecule has 2 aromatic heterocycles. The topological polar surface area (TPSA) is 59.3 Å². The predicted molar refractivity (Wildman–Crippen MR) is 119 cm³/mol. The minimum Gasteiger partial charge on any atom is -0.293 e. The van der Waals surface area contributed by atoms with Crippen LogP contribution in [-0.4, -0.2) is 20.5 Å². The Balaban J connectivity index is 1.44. The number of carbonyl (C=O) groups is 1. The number of fused-ring (bicyclic) bond motifs is 1. The van der Waals surface area contributed by atoms with E-state index in [1.807, 2.05) is 4.52 Å². The van der Waals surface area contributed by atoms with E-state index in [4.69, 9.17) is 0 Å².